The third-order valence-electron chi connectivity index (χ3n) is 10.7. The average molecular weight is 407 g/mol. The van der Waals surface area contributed by atoms with E-state index in [0.717, 1.165) is 31.1 Å². The van der Waals surface area contributed by atoms with Crippen LogP contribution in [0.15, 0.2) is 0 Å². The molecule has 4 rings (SSSR count). The second-order valence-electron chi connectivity index (χ2n) is 11.8. The number of hydrogen-bond donors (Lipinski definition) is 3. The summed E-state index contributed by atoms with van der Waals surface area (Å²) in [6.45, 7) is 9.36. The van der Waals surface area contributed by atoms with Crippen molar-refractivity contribution in [3.05, 3.63) is 0 Å². The largest absolute Gasteiger partial charge is 0.481 e. The smallest absolute Gasteiger partial charge is 0.310 e. The quantitative estimate of drug-likeness (QED) is 0.622. The third-order valence-corrected chi connectivity index (χ3v) is 10.7. The summed E-state index contributed by atoms with van der Waals surface area (Å²) in [5.41, 5.74) is -1.02. The number of rotatable bonds is 4. The van der Waals surface area contributed by atoms with Crippen LogP contribution in [0.2, 0.25) is 0 Å². The molecule has 0 amide bonds. The Morgan fingerprint density at radius 1 is 1.03 bits per heavy atom. The first-order valence-electron chi connectivity index (χ1n) is 12.2. The summed E-state index contributed by atoms with van der Waals surface area (Å²) in [4.78, 5) is 12.6. The molecular weight excluding hydrogens is 364 g/mol. The van der Waals surface area contributed by atoms with Crippen LogP contribution in [0.25, 0.3) is 0 Å². The lowest BCUT2D eigenvalue weighted by molar-refractivity contribution is -0.225. The van der Waals surface area contributed by atoms with Crippen LogP contribution in [0.4, 0.5) is 0 Å². The first-order chi connectivity index (χ1) is 13.6. The maximum absolute atomic E-state index is 12.6. The Morgan fingerprint density at radius 3 is 2.41 bits per heavy atom. The third kappa shape index (κ3) is 2.87. The lowest BCUT2D eigenvalue weighted by atomic mass is 9.39. The Balaban J connectivity index is 1.69. The van der Waals surface area contributed by atoms with Crippen LogP contribution in [-0.4, -0.2) is 33.5 Å². The fourth-order valence-corrected chi connectivity index (χ4v) is 9.32. The van der Waals surface area contributed by atoms with E-state index in [1.54, 1.807) is 0 Å². The van der Waals surface area contributed by atoms with Crippen molar-refractivity contribution in [3.8, 4) is 0 Å². The van der Waals surface area contributed by atoms with Crippen LogP contribution in [0.5, 0.6) is 0 Å². The van der Waals surface area contributed by atoms with E-state index in [9.17, 15) is 20.1 Å². The van der Waals surface area contributed by atoms with E-state index in [4.69, 9.17) is 0 Å². The van der Waals surface area contributed by atoms with Gasteiger partial charge in [-0.25, -0.2) is 0 Å². The highest BCUT2D eigenvalue weighted by Crippen LogP contribution is 2.71. The van der Waals surface area contributed by atoms with Gasteiger partial charge in [0.25, 0.3) is 0 Å². The van der Waals surface area contributed by atoms with E-state index in [-0.39, 0.29) is 22.7 Å². The Hall–Kier alpha value is -0.610. The van der Waals surface area contributed by atoms with Gasteiger partial charge in [0.05, 0.1) is 17.6 Å². The molecule has 0 radical (unpaired) electrons. The molecule has 4 aliphatic rings. The molecular formula is C25H42O4. The molecule has 3 N–H and O–H groups in total. The van der Waals surface area contributed by atoms with E-state index in [1.807, 2.05) is 0 Å². The average Bonchev–Trinajstić information content (AvgIpc) is 3.00. The number of aliphatic hydroxyl groups is 2. The second-order valence-corrected chi connectivity index (χ2v) is 11.8. The van der Waals surface area contributed by atoms with Gasteiger partial charge in [-0.15, -0.1) is 0 Å². The van der Waals surface area contributed by atoms with Gasteiger partial charge in [0.2, 0.25) is 0 Å². The molecule has 166 valence electrons. The lowest BCUT2D eigenvalue weighted by Gasteiger charge is -2.65. The van der Waals surface area contributed by atoms with Crippen molar-refractivity contribution in [2.75, 3.05) is 0 Å². The molecule has 10 atom stereocenters. The monoisotopic (exact) mass is 406 g/mol. The van der Waals surface area contributed by atoms with Crippen molar-refractivity contribution in [1.82, 2.24) is 0 Å². The van der Waals surface area contributed by atoms with Gasteiger partial charge < -0.3 is 15.3 Å². The minimum absolute atomic E-state index is 0.222. The summed E-state index contributed by atoms with van der Waals surface area (Å²) >= 11 is 0. The van der Waals surface area contributed by atoms with Crippen molar-refractivity contribution in [1.29, 1.82) is 0 Å². The summed E-state index contributed by atoms with van der Waals surface area (Å²) in [5.74, 6) is 1.65. The van der Waals surface area contributed by atoms with Crippen molar-refractivity contribution < 1.29 is 20.1 Å². The number of carboxylic acid groups (broad SMARTS) is 1. The molecule has 4 fully saturated rings. The molecule has 4 nitrogen and oxygen atoms in total. The Labute approximate surface area is 176 Å². The van der Waals surface area contributed by atoms with Crippen LogP contribution in [0.1, 0.15) is 91.9 Å². The van der Waals surface area contributed by atoms with E-state index in [2.05, 4.69) is 27.7 Å². The summed E-state index contributed by atoms with van der Waals surface area (Å²) < 4.78 is 0. The zero-order valence-electron chi connectivity index (χ0n) is 18.9. The molecule has 0 heterocycles. The molecule has 0 bridgehead atoms. The van der Waals surface area contributed by atoms with E-state index in [1.165, 1.54) is 25.7 Å². The standard InChI is InChI=1S/C25H42O4/c1-5-6-15(2)17-7-8-18-21-19(10-11-23(17,18)3)24(4)12-9-16(26)13-25(24,22(28)29)14-20(21)27/h15-21,26-27H,5-14H2,1-4H3,(H,28,29)/t15-,16-,17-,18+,19+,20-,21+,23-,24-,25?/m1/s1. The molecule has 0 aliphatic heterocycles. The van der Waals surface area contributed by atoms with E-state index in [0.29, 0.717) is 25.2 Å². The molecule has 4 aliphatic carbocycles. The lowest BCUT2D eigenvalue weighted by Crippen LogP contribution is -2.65. The molecule has 4 saturated carbocycles. The molecule has 0 aromatic rings. The highest BCUT2D eigenvalue weighted by molar-refractivity contribution is 5.76. The summed E-state index contributed by atoms with van der Waals surface area (Å²) in [6, 6.07) is 0. The van der Waals surface area contributed by atoms with Crippen LogP contribution < -0.4 is 0 Å². The van der Waals surface area contributed by atoms with Crippen molar-refractivity contribution in [3.63, 3.8) is 0 Å². The van der Waals surface area contributed by atoms with Gasteiger partial charge in [0, 0.05) is 0 Å². The van der Waals surface area contributed by atoms with Gasteiger partial charge in [0.1, 0.15) is 0 Å². The summed E-state index contributed by atoms with van der Waals surface area (Å²) in [6.07, 6.45) is 8.14. The van der Waals surface area contributed by atoms with Crippen LogP contribution in [0, 0.1) is 45.8 Å². The molecule has 0 saturated heterocycles. The van der Waals surface area contributed by atoms with Crippen molar-refractivity contribution in [2.24, 2.45) is 45.8 Å². The zero-order chi connectivity index (χ0) is 21.2. The number of fused-ring (bicyclic) bond motifs is 5. The molecule has 29 heavy (non-hydrogen) atoms. The zero-order valence-corrected chi connectivity index (χ0v) is 18.9. The fourth-order valence-electron chi connectivity index (χ4n) is 9.32. The van der Waals surface area contributed by atoms with E-state index >= 15 is 0 Å². The first-order valence-corrected chi connectivity index (χ1v) is 12.2. The number of carbonyl (C=O) groups is 1. The highest BCUT2D eigenvalue weighted by Gasteiger charge is 2.69. The Bertz CT molecular complexity index is 649. The van der Waals surface area contributed by atoms with Crippen LogP contribution in [0.3, 0.4) is 0 Å². The van der Waals surface area contributed by atoms with Crippen molar-refractivity contribution in [2.45, 2.75) is 104 Å². The fraction of sp³-hybridized carbons (Fsp3) is 0.960. The van der Waals surface area contributed by atoms with Crippen LogP contribution in [-0.2, 0) is 4.79 Å². The normalized spacial score (nSPS) is 52.9. The minimum Gasteiger partial charge on any atom is -0.481 e. The predicted octanol–water partition coefficient (Wildman–Crippen LogP) is 4.87. The predicted molar refractivity (Wildman–Crippen MR) is 113 cm³/mol. The van der Waals surface area contributed by atoms with Crippen LogP contribution >= 0.6 is 0 Å². The Kier molecular flexibility index (Phi) is 5.38. The van der Waals surface area contributed by atoms with E-state index < -0.39 is 23.6 Å². The van der Waals surface area contributed by atoms with Gasteiger partial charge in [-0.3, -0.25) is 4.79 Å². The number of hydrogen-bond acceptors (Lipinski definition) is 3. The van der Waals surface area contributed by atoms with Gasteiger partial charge in [-0.05, 0) is 91.8 Å². The minimum atomic E-state index is -0.980. The van der Waals surface area contributed by atoms with Crippen molar-refractivity contribution >= 4 is 5.97 Å². The van der Waals surface area contributed by atoms with Gasteiger partial charge in [-0.2, -0.15) is 0 Å². The first kappa shape index (κ1) is 21.6. The maximum atomic E-state index is 12.6. The number of aliphatic carboxylic acids is 1. The second kappa shape index (κ2) is 7.22. The summed E-state index contributed by atoms with van der Waals surface area (Å²) in [7, 11) is 0. The highest BCUT2D eigenvalue weighted by atomic mass is 16.4. The molecule has 1 unspecified atom stereocenters. The topological polar surface area (TPSA) is 77.8 Å². The molecule has 0 spiro atoms. The molecule has 0 aromatic heterocycles. The Morgan fingerprint density at radius 2 is 1.76 bits per heavy atom. The molecule has 4 heteroatoms. The van der Waals surface area contributed by atoms with Gasteiger partial charge in [-0.1, -0.05) is 40.5 Å². The SMILES string of the molecule is CCC[C@@H](C)[C@H]1CC[C@H]2[C@@H]3[C@H](O)CC4(C(=O)O)C[C@H](O)CC[C@]4(C)[C@H]3CC[C@]12C. The summed E-state index contributed by atoms with van der Waals surface area (Å²) in [5, 5.41) is 32.1. The number of aliphatic hydroxyl groups excluding tert-OH is 2. The number of carboxylic acids is 1. The van der Waals surface area contributed by atoms with Gasteiger partial charge in [0.15, 0.2) is 0 Å². The van der Waals surface area contributed by atoms with Gasteiger partial charge >= 0.3 is 5.97 Å². The molecule has 0 aromatic carbocycles. The maximum Gasteiger partial charge on any atom is 0.310 e.